The number of rotatable bonds is 5. The van der Waals surface area contributed by atoms with Crippen LogP contribution in [-0.4, -0.2) is 44.7 Å². The normalized spacial score (nSPS) is 17.9. The number of nitrogens with one attached hydrogen (secondary N) is 2. The van der Waals surface area contributed by atoms with E-state index in [0.29, 0.717) is 35.4 Å². The molecule has 2 amide bonds. The number of carbonyl (C=O) groups is 2. The Morgan fingerprint density at radius 2 is 1.90 bits per heavy atom. The number of ether oxygens (including phenoxy) is 1. The molecule has 0 aliphatic carbocycles. The monoisotopic (exact) mass is 557 g/mol. The molecule has 0 unspecified atom stereocenters. The van der Waals surface area contributed by atoms with Gasteiger partial charge >= 0.3 is 0 Å². The first-order valence-corrected chi connectivity index (χ1v) is 13.0. The molecule has 0 saturated carbocycles. The van der Waals surface area contributed by atoms with E-state index in [1.807, 2.05) is 13.0 Å². The quantitative estimate of drug-likeness (QED) is 0.343. The highest BCUT2D eigenvalue weighted by Crippen LogP contribution is 2.36. The summed E-state index contributed by atoms with van der Waals surface area (Å²) >= 11 is 0. The fourth-order valence-electron chi connectivity index (χ4n) is 4.93. The minimum absolute atomic E-state index is 0.0178. The van der Waals surface area contributed by atoms with E-state index in [-0.39, 0.29) is 41.1 Å². The van der Waals surface area contributed by atoms with Crippen molar-refractivity contribution in [1.29, 1.82) is 0 Å². The second kappa shape index (κ2) is 10.6. The third kappa shape index (κ3) is 4.84. The summed E-state index contributed by atoms with van der Waals surface area (Å²) in [6.45, 7) is 1.92. The minimum atomic E-state index is -1.46. The molecule has 3 heterocycles. The van der Waals surface area contributed by atoms with E-state index < -0.39 is 29.6 Å². The van der Waals surface area contributed by atoms with Crippen molar-refractivity contribution in [2.24, 2.45) is 4.99 Å². The average Bonchev–Trinajstić information content (AvgIpc) is 3.27. The molecule has 3 aromatic carbocycles. The number of aliphatic imine (C=N–C) groups is 1. The minimum Gasteiger partial charge on any atom is -0.474 e. The SMILES string of the molecule is C[C@@H]1CCn2nc(-c3ccc(CO)cc3F)c(C(=O)N[C@H]3N=C(c4ccccc4)c4cccc(F)c4NC3=O)c2O1. The Balaban J connectivity index is 1.44. The van der Waals surface area contributed by atoms with Crippen LogP contribution in [0.3, 0.4) is 0 Å². The fourth-order valence-corrected chi connectivity index (χ4v) is 4.93. The van der Waals surface area contributed by atoms with Gasteiger partial charge in [-0.1, -0.05) is 48.5 Å². The van der Waals surface area contributed by atoms with Crippen LogP contribution in [0.1, 0.15) is 40.4 Å². The van der Waals surface area contributed by atoms with Crippen molar-refractivity contribution >= 4 is 23.2 Å². The number of aromatic nitrogens is 2. The summed E-state index contributed by atoms with van der Waals surface area (Å²) in [6, 6.07) is 17.4. The van der Waals surface area contributed by atoms with Gasteiger partial charge in [0.15, 0.2) is 0 Å². The van der Waals surface area contributed by atoms with Gasteiger partial charge in [0.25, 0.3) is 11.8 Å². The number of hydrogen-bond donors (Lipinski definition) is 3. The van der Waals surface area contributed by atoms with E-state index in [1.165, 1.54) is 35.0 Å². The summed E-state index contributed by atoms with van der Waals surface area (Å²) in [4.78, 5) is 31.8. The first kappa shape index (κ1) is 26.3. The summed E-state index contributed by atoms with van der Waals surface area (Å²) < 4.78 is 37.5. The zero-order chi connectivity index (χ0) is 28.7. The number of fused-ring (bicyclic) bond motifs is 2. The van der Waals surface area contributed by atoms with Crippen LogP contribution in [0.25, 0.3) is 11.3 Å². The van der Waals surface area contributed by atoms with Crippen molar-refractivity contribution in [2.45, 2.75) is 38.8 Å². The fraction of sp³-hybridized carbons (Fsp3) is 0.200. The maximum atomic E-state index is 15.2. The molecule has 6 rings (SSSR count). The second-order valence-corrected chi connectivity index (χ2v) is 9.81. The van der Waals surface area contributed by atoms with Gasteiger partial charge in [0.1, 0.15) is 22.9 Å². The molecular weight excluding hydrogens is 532 g/mol. The molecule has 208 valence electrons. The van der Waals surface area contributed by atoms with Gasteiger partial charge in [-0.05, 0) is 30.7 Å². The van der Waals surface area contributed by atoms with Crippen molar-refractivity contribution < 1.29 is 28.2 Å². The molecule has 2 aliphatic rings. The lowest BCUT2D eigenvalue weighted by molar-refractivity contribution is -0.117. The van der Waals surface area contributed by atoms with Gasteiger partial charge in [0, 0.05) is 29.7 Å². The highest BCUT2D eigenvalue weighted by Gasteiger charge is 2.35. The summed E-state index contributed by atoms with van der Waals surface area (Å²) in [5, 5.41) is 19.0. The summed E-state index contributed by atoms with van der Waals surface area (Å²) in [5.74, 6) is -2.73. The zero-order valence-electron chi connectivity index (χ0n) is 21.9. The highest BCUT2D eigenvalue weighted by molar-refractivity contribution is 6.20. The molecule has 2 atom stereocenters. The number of aliphatic hydroxyl groups excluding tert-OH is 1. The smallest absolute Gasteiger partial charge is 0.269 e. The Hall–Kier alpha value is -4.90. The summed E-state index contributed by atoms with van der Waals surface area (Å²) in [5.41, 5.74) is 1.55. The van der Waals surface area contributed by atoms with Crippen LogP contribution in [0, 0.1) is 11.6 Å². The number of carbonyl (C=O) groups excluding carboxylic acids is 2. The topological polar surface area (TPSA) is 118 Å². The highest BCUT2D eigenvalue weighted by atomic mass is 19.1. The van der Waals surface area contributed by atoms with Crippen molar-refractivity contribution in [3.63, 3.8) is 0 Å². The Morgan fingerprint density at radius 1 is 1.10 bits per heavy atom. The number of nitrogens with zero attached hydrogens (tertiary/aromatic N) is 3. The number of anilines is 1. The molecule has 41 heavy (non-hydrogen) atoms. The maximum absolute atomic E-state index is 15.2. The number of halogens is 2. The number of para-hydroxylation sites is 1. The number of amides is 2. The first-order valence-electron chi connectivity index (χ1n) is 13.0. The lowest BCUT2D eigenvalue weighted by Crippen LogP contribution is -2.42. The van der Waals surface area contributed by atoms with Gasteiger partial charge in [0.05, 0.1) is 24.1 Å². The molecule has 0 bridgehead atoms. The number of hydrogen-bond acceptors (Lipinski definition) is 6. The Labute approximate surface area is 233 Å². The van der Waals surface area contributed by atoms with Crippen molar-refractivity contribution in [3.8, 4) is 17.1 Å². The van der Waals surface area contributed by atoms with E-state index >= 15 is 4.39 Å². The number of benzene rings is 3. The van der Waals surface area contributed by atoms with E-state index in [9.17, 15) is 19.1 Å². The lowest BCUT2D eigenvalue weighted by atomic mass is 10.0. The molecular formula is C30H25F2N5O4. The Bertz CT molecular complexity index is 1700. The van der Waals surface area contributed by atoms with Crippen LogP contribution < -0.4 is 15.4 Å². The summed E-state index contributed by atoms with van der Waals surface area (Å²) in [6.07, 6.45) is -1.07. The molecule has 0 spiro atoms. The predicted octanol–water partition coefficient (Wildman–Crippen LogP) is 4.04. The van der Waals surface area contributed by atoms with Gasteiger partial charge in [-0.3, -0.25) is 9.59 Å². The third-order valence-corrected chi connectivity index (χ3v) is 7.00. The van der Waals surface area contributed by atoms with Crippen LogP contribution >= 0.6 is 0 Å². The molecule has 9 nitrogen and oxygen atoms in total. The predicted molar refractivity (Wildman–Crippen MR) is 147 cm³/mol. The molecule has 4 aromatic rings. The molecule has 0 saturated heterocycles. The van der Waals surface area contributed by atoms with Gasteiger partial charge in [-0.15, -0.1) is 0 Å². The van der Waals surface area contributed by atoms with Crippen molar-refractivity contribution in [3.05, 3.63) is 101 Å². The molecule has 0 fully saturated rings. The van der Waals surface area contributed by atoms with Gasteiger partial charge in [-0.2, -0.15) is 5.10 Å². The van der Waals surface area contributed by atoms with Crippen LogP contribution in [0.15, 0.2) is 71.7 Å². The second-order valence-electron chi connectivity index (χ2n) is 9.81. The lowest BCUT2D eigenvalue weighted by Gasteiger charge is -2.22. The van der Waals surface area contributed by atoms with Crippen molar-refractivity contribution in [1.82, 2.24) is 15.1 Å². The summed E-state index contributed by atoms with van der Waals surface area (Å²) in [7, 11) is 0. The van der Waals surface area contributed by atoms with Gasteiger partial charge in [-0.25, -0.2) is 18.5 Å². The number of aryl methyl sites for hydroxylation is 1. The number of aliphatic hydroxyl groups is 1. The Morgan fingerprint density at radius 3 is 2.66 bits per heavy atom. The average molecular weight is 558 g/mol. The zero-order valence-corrected chi connectivity index (χ0v) is 21.9. The van der Waals surface area contributed by atoms with E-state index in [2.05, 4.69) is 20.7 Å². The third-order valence-electron chi connectivity index (χ3n) is 7.00. The maximum Gasteiger partial charge on any atom is 0.269 e. The van der Waals surface area contributed by atoms with Crippen molar-refractivity contribution in [2.75, 3.05) is 5.32 Å². The Kier molecular flexibility index (Phi) is 6.80. The van der Waals surface area contributed by atoms with Crippen LogP contribution in [0.5, 0.6) is 5.88 Å². The molecule has 3 N–H and O–H groups in total. The molecule has 0 radical (unpaired) electrons. The standard InChI is InChI=1S/C30H25F2N5O4/c1-16-12-13-37-30(41-16)23(26(36-37)19-11-10-17(15-38)14-22(19)32)28(39)35-27-29(40)34-25-20(8-5-9-21(25)31)24(33-27)18-6-3-2-4-7-18/h2-11,14,16,27,38H,12-13,15H2,1H3,(H,34,40)(H,35,39)/t16-,27-/m1/s1. The van der Waals surface area contributed by atoms with Crippen LogP contribution in [-0.2, 0) is 17.9 Å². The van der Waals surface area contributed by atoms with Crippen LogP contribution in [0.2, 0.25) is 0 Å². The first-order chi connectivity index (χ1) is 19.8. The van der Waals surface area contributed by atoms with Gasteiger partial charge in [0.2, 0.25) is 12.0 Å². The van der Waals surface area contributed by atoms with Crippen LogP contribution in [0.4, 0.5) is 14.5 Å². The number of benzodiazepines with no additional fused rings is 1. The van der Waals surface area contributed by atoms with Gasteiger partial charge < -0.3 is 20.5 Å². The molecule has 2 aliphatic heterocycles. The van der Waals surface area contributed by atoms with E-state index in [4.69, 9.17) is 4.74 Å². The molecule has 1 aromatic heterocycles. The molecule has 11 heteroatoms. The van der Waals surface area contributed by atoms with E-state index in [1.54, 1.807) is 30.3 Å². The largest absolute Gasteiger partial charge is 0.474 e. The van der Waals surface area contributed by atoms with E-state index in [0.717, 1.165) is 0 Å².